The summed E-state index contributed by atoms with van der Waals surface area (Å²) < 4.78 is 0. The van der Waals surface area contributed by atoms with Crippen molar-refractivity contribution in [2.75, 3.05) is 41.3 Å². The molecule has 0 heterocycles. The van der Waals surface area contributed by atoms with Crippen LogP contribution in [0, 0.1) is 0 Å². The highest BCUT2D eigenvalue weighted by Gasteiger charge is 2.29. The van der Waals surface area contributed by atoms with Gasteiger partial charge in [-0.05, 0) is 77.1 Å². The Bertz CT molecular complexity index is 499. The van der Waals surface area contributed by atoms with Crippen molar-refractivity contribution >= 4 is 0 Å². The van der Waals surface area contributed by atoms with Crippen molar-refractivity contribution < 1.29 is 10.2 Å². The summed E-state index contributed by atoms with van der Waals surface area (Å²) in [5.74, 6) is 0.564. The predicted octanol–water partition coefficient (Wildman–Crippen LogP) is 3.56. The molecule has 0 saturated carbocycles. The summed E-state index contributed by atoms with van der Waals surface area (Å²) in [4.78, 5) is 4.27. The molecular formula is C20H36N2O2. The van der Waals surface area contributed by atoms with Crippen LogP contribution in [0.5, 0.6) is 11.5 Å². The topological polar surface area (TPSA) is 46.9 Å². The number of benzene rings is 1. The van der Waals surface area contributed by atoms with E-state index in [-0.39, 0.29) is 22.3 Å². The molecule has 0 aliphatic heterocycles. The first-order valence-corrected chi connectivity index (χ1v) is 8.73. The van der Waals surface area contributed by atoms with Crippen molar-refractivity contribution in [2.24, 2.45) is 0 Å². The van der Waals surface area contributed by atoms with Gasteiger partial charge in [-0.15, -0.1) is 0 Å². The number of hydrogen-bond acceptors (Lipinski definition) is 4. The Morgan fingerprint density at radius 2 is 1.00 bits per heavy atom. The van der Waals surface area contributed by atoms with E-state index in [1.54, 1.807) is 12.1 Å². The molecule has 0 aliphatic rings. The van der Waals surface area contributed by atoms with Crippen LogP contribution >= 0.6 is 0 Å². The van der Waals surface area contributed by atoms with Crippen molar-refractivity contribution in [3.63, 3.8) is 0 Å². The minimum absolute atomic E-state index is 0.196. The van der Waals surface area contributed by atoms with Crippen LogP contribution < -0.4 is 0 Å². The zero-order valence-electron chi connectivity index (χ0n) is 16.8. The van der Waals surface area contributed by atoms with Crippen molar-refractivity contribution in [3.05, 3.63) is 23.3 Å². The molecule has 4 heteroatoms. The molecular weight excluding hydrogens is 300 g/mol. The van der Waals surface area contributed by atoms with E-state index in [2.05, 4.69) is 37.5 Å². The minimum Gasteiger partial charge on any atom is -0.508 e. The summed E-state index contributed by atoms with van der Waals surface area (Å²) >= 11 is 0. The Kier molecular flexibility index (Phi) is 6.71. The van der Waals surface area contributed by atoms with Crippen LogP contribution in [0.15, 0.2) is 12.1 Å². The van der Waals surface area contributed by atoms with Gasteiger partial charge in [-0.2, -0.15) is 0 Å². The van der Waals surface area contributed by atoms with Gasteiger partial charge in [0.15, 0.2) is 0 Å². The maximum absolute atomic E-state index is 10.6. The standard InChI is InChI=1S/C20H36N2O2/c1-19(2,9-11-21(5)6)15-13-18(24)16(14-17(15)23)20(3,4)10-12-22(7)8/h13-14,23-24H,9-12H2,1-8H3. The molecule has 1 aromatic carbocycles. The molecule has 0 saturated heterocycles. The lowest BCUT2D eigenvalue weighted by atomic mass is 9.76. The number of rotatable bonds is 8. The van der Waals surface area contributed by atoms with Crippen LogP contribution in [-0.2, 0) is 10.8 Å². The smallest absolute Gasteiger partial charge is 0.119 e. The summed E-state index contributed by atoms with van der Waals surface area (Å²) in [6, 6.07) is 3.52. The average molecular weight is 337 g/mol. The largest absolute Gasteiger partial charge is 0.508 e. The second-order valence-electron chi connectivity index (χ2n) is 8.76. The lowest BCUT2D eigenvalue weighted by Crippen LogP contribution is -2.26. The quantitative estimate of drug-likeness (QED) is 0.713. The number of aromatic hydroxyl groups is 2. The van der Waals surface area contributed by atoms with Crippen molar-refractivity contribution in [1.29, 1.82) is 0 Å². The van der Waals surface area contributed by atoms with E-state index in [1.165, 1.54) is 0 Å². The number of hydrogen-bond donors (Lipinski definition) is 2. The van der Waals surface area contributed by atoms with Crippen LogP contribution in [0.3, 0.4) is 0 Å². The van der Waals surface area contributed by atoms with Crippen molar-refractivity contribution in [1.82, 2.24) is 9.80 Å². The van der Waals surface area contributed by atoms with Crippen LogP contribution in [-0.4, -0.2) is 61.3 Å². The lowest BCUT2D eigenvalue weighted by Gasteiger charge is -2.31. The fourth-order valence-corrected chi connectivity index (χ4v) is 2.94. The molecule has 0 aromatic heterocycles. The van der Waals surface area contributed by atoms with Gasteiger partial charge >= 0.3 is 0 Å². The Hall–Kier alpha value is -1.26. The number of phenolic OH excluding ortho intramolecular Hbond substituents is 2. The second-order valence-corrected chi connectivity index (χ2v) is 8.76. The first-order valence-electron chi connectivity index (χ1n) is 8.73. The lowest BCUT2D eigenvalue weighted by molar-refractivity contribution is 0.326. The molecule has 0 unspecified atom stereocenters. The summed E-state index contributed by atoms with van der Waals surface area (Å²) in [5, 5.41) is 21.2. The molecule has 2 N–H and O–H groups in total. The third-order valence-electron chi connectivity index (χ3n) is 4.94. The van der Waals surface area contributed by atoms with Crippen LogP contribution in [0.1, 0.15) is 51.7 Å². The van der Waals surface area contributed by atoms with Gasteiger partial charge in [0.05, 0.1) is 0 Å². The summed E-state index contributed by atoms with van der Waals surface area (Å²) in [5.41, 5.74) is 1.24. The van der Waals surface area contributed by atoms with E-state index in [9.17, 15) is 10.2 Å². The van der Waals surface area contributed by atoms with Gasteiger partial charge in [0.25, 0.3) is 0 Å². The molecule has 138 valence electrons. The number of nitrogens with zero attached hydrogens (tertiary/aromatic N) is 2. The van der Waals surface area contributed by atoms with E-state index in [0.29, 0.717) is 0 Å². The zero-order valence-corrected chi connectivity index (χ0v) is 16.8. The molecule has 0 atom stereocenters. The van der Waals surface area contributed by atoms with E-state index < -0.39 is 0 Å². The summed E-state index contributed by atoms with van der Waals surface area (Å²) in [7, 11) is 8.18. The summed E-state index contributed by atoms with van der Waals surface area (Å²) in [6.07, 6.45) is 1.83. The third-order valence-corrected chi connectivity index (χ3v) is 4.94. The van der Waals surface area contributed by atoms with Gasteiger partial charge in [-0.3, -0.25) is 0 Å². The molecule has 24 heavy (non-hydrogen) atoms. The molecule has 0 radical (unpaired) electrons. The molecule has 0 amide bonds. The minimum atomic E-state index is -0.196. The molecule has 0 spiro atoms. The molecule has 1 rings (SSSR count). The Labute approximate surface area is 148 Å². The first-order chi connectivity index (χ1) is 10.9. The molecule has 0 aliphatic carbocycles. The average Bonchev–Trinajstić information content (AvgIpc) is 2.45. The van der Waals surface area contributed by atoms with Gasteiger partial charge in [0.2, 0.25) is 0 Å². The van der Waals surface area contributed by atoms with Crippen molar-refractivity contribution in [3.8, 4) is 11.5 Å². The number of phenols is 2. The van der Waals surface area contributed by atoms with Gasteiger partial charge in [0.1, 0.15) is 11.5 Å². The molecule has 4 nitrogen and oxygen atoms in total. The highest BCUT2D eigenvalue weighted by Crippen LogP contribution is 2.42. The van der Waals surface area contributed by atoms with E-state index in [4.69, 9.17) is 0 Å². The van der Waals surface area contributed by atoms with Crippen LogP contribution in [0.25, 0.3) is 0 Å². The van der Waals surface area contributed by atoms with E-state index in [0.717, 1.165) is 37.1 Å². The maximum atomic E-state index is 10.6. The van der Waals surface area contributed by atoms with Crippen LogP contribution in [0.4, 0.5) is 0 Å². The van der Waals surface area contributed by atoms with Crippen molar-refractivity contribution in [2.45, 2.75) is 51.4 Å². The monoisotopic (exact) mass is 336 g/mol. The van der Waals surface area contributed by atoms with Gasteiger partial charge in [-0.25, -0.2) is 0 Å². The highest BCUT2D eigenvalue weighted by molar-refractivity contribution is 5.50. The Morgan fingerprint density at radius 1 is 0.708 bits per heavy atom. The molecule has 1 aromatic rings. The molecule has 0 bridgehead atoms. The Balaban J connectivity index is 3.13. The van der Waals surface area contributed by atoms with E-state index in [1.807, 2.05) is 28.2 Å². The van der Waals surface area contributed by atoms with Crippen LogP contribution in [0.2, 0.25) is 0 Å². The Morgan fingerprint density at radius 3 is 1.25 bits per heavy atom. The maximum Gasteiger partial charge on any atom is 0.119 e. The second kappa shape index (κ2) is 7.75. The fourth-order valence-electron chi connectivity index (χ4n) is 2.94. The van der Waals surface area contributed by atoms with Gasteiger partial charge in [-0.1, -0.05) is 27.7 Å². The molecule has 0 fully saturated rings. The highest BCUT2D eigenvalue weighted by atomic mass is 16.3. The van der Waals surface area contributed by atoms with Gasteiger partial charge < -0.3 is 20.0 Å². The zero-order chi connectivity index (χ0) is 18.7. The predicted molar refractivity (Wildman–Crippen MR) is 102 cm³/mol. The van der Waals surface area contributed by atoms with Gasteiger partial charge in [0, 0.05) is 11.1 Å². The normalized spacial score (nSPS) is 13.1. The first kappa shape index (κ1) is 20.8. The van der Waals surface area contributed by atoms with E-state index >= 15 is 0 Å². The fraction of sp³-hybridized carbons (Fsp3) is 0.700. The third kappa shape index (κ3) is 5.38. The summed E-state index contributed by atoms with van der Waals surface area (Å²) in [6.45, 7) is 10.3. The SMILES string of the molecule is CN(C)CCC(C)(C)c1cc(O)c(C(C)(C)CCN(C)C)cc1O.